The van der Waals surface area contributed by atoms with Crippen molar-refractivity contribution in [3.63, 3.8) is 0 Å². The van der Waals surface area contributed by atoms with Gasteiger partial charge in [0, 0.05) is 22.6 Å². The fourth-order valence-electron chi connectivity index (χ4n) is 1.86. The third-order valence-electron chi connectivity index (χ3n) is 2.83. The Morgan fingerprint density at radius 3 is 2.46 bits per heavy atom. The van der Waals surface area contributed by atoms with Crippen LogP contribution in [0.3, 0.4) is 0 Å². The first-order valence-corrected chi connectivity index (χ1v) is 8.52. The summed E-state index contributed by atoms with van der Waals surface area (Å²) in [6.45, 7) is 0.707. The van der Waals surface area contributed by atoms with E-state index >= 15 is 0 Å². The average Bonchev–Trinajstić information content (AvgIpc) is 2.72. The summed E-state index contributed by atoms with van der Waals surface area (Å²) in [5.41, 5.74) is -0.473. The minimum atomic E-state index is -5.46. The topological polar surface area (TPSA) is 146 Å². The summed E-state index contributed by atoms with van der Waals surface area (Å²) in [7, 11) is -5.46. The number of pyridine rings is 1. The molecule has 1 saturated heterocycles. The van der Waals surface area contributed by atoms with Gasteiger partial charge in [-0.2, -0.15) is 0 Å². The number of aromatic hydroxyl groups is 1. The molecule has 0 atom stereocenters. The van der Waals surface area contributed by atoms with E-state index < -0.39 is 41.6 Å². The predicted octanol–water partition coefficient (Wildman–Crippen LogP) is -6.67. The first-order chi connectivity index (χ1) is 10.2. The van der Waals surface area contributed by atoms with Gasteiger partial charge in [-0.15, -0.1) is 0 Å². The number of hydrogen-bond acceptors (Lipinski definition) is 9. The van der Waals surface area contributed by atoms with Crippen LogP contribution < -0.4 is 74.2 Å². The molecule has 0 aliphatic carbocycles. The van der Waals surface area contributed by atoms with Gasteiger partial charge in [-0.05, 0) is 14.5 Å². The number of thiocarbonyl (C=S) groups is 1. The van der Waals surface area contributed by atoms with Crippen LogP contribution in [0.4, 0.5) is 0 Å². The number of aliphatic hydroxyl groups excluding tert-OH is 1. The minimum absolute atomic E-state index is 0. The third-order valence-corrected chi connectivity index (χ3v) is 5.21. The molecule has 0 spiro atoms. The zero-order chi connectivity index (χ0) is 16.7. The number of nitrogens with zero attached hydrogens (tertiary/aromatic N) is 1. The molecule has 1 aromatic rings. The zero-order valence-electron chi connectivity index (χ0n) is 13.0. The average molecular weight is 406 g/mol. The Hall–Kier alpha value is 0.710. The van der Waals surface area contributed by atoms with Crippen LogP contribution in [0.1, 0.15) is 16.8 Å². The molecule has 2 rings (SSSR count). The maximum Gasteiger partial charge on any atom is 1.00 e. The van der Waals surface area contributed by atoms with Gasteiger partial charge in [0.25, 0.3) is 5.91 Å². The summed E-state index contributed by atoms with van der Waals surface area (Å²) in [6.07, 6.45) is 1.12. The molecule has 0 aromatic carbocycles. The molecule has 24 heavy (non-hydrogen) atoms. The Labute approximate surface area is 191 Å². The van der Waals surface area contributed by atoms with Crippen molar-refractivity contribution in [3.8, 4) is 5.75 Å². The summed E-state index contributed by atoms with van der Waals surface area (Å²) in [6, 6.07) is 0. The van der Waals surface area contributed by atoms with Gasteiger partial charge < -0.3 is 29.9 Å². The second-order valence-corrected chi connectivity index (χ2v) is 7.40. The van der Waals surface area contributed by atoms with Crippen molar-refractivity contribution in [2.45, 2.75) is 13.5 Å². The van der Waals surface area contributed by atoms with Crippen LogP contribution in [0.2, 0.25) is 0 Å². The Kier molecular flexibility index (Phi) is 9.87. The van der Waals surface area contributed by atoms with Crippen LogP contribution >= 0.6 is 31.6 Å². The molecule has 0 bridgehead atoms. The summed E-state index contributed by atoms with van der Waals surface area (Å²) < 4.78 is 11.7. The first-order valence-electron chi connectivity index (χ1n) is 5.75. The molecule has 13 heteroatoms. The van der Waals surface area contributed by atoms with E-state index in [-0.39, 0.29) is 74.7 Å². The summed E-state index contributed by atoms with van der Waals surface area (Å²) in [5, 5.41) is 20.7. The van der Waals surface area contributed by atoms with E-state index in [9.17, 15) is 29.4 Å². The van der Waals surface area contributed by atoms with Crippen molar-refractivity contribution in [3.05, 3.63) is 27.9 Å². The number of aromatic nitrogens is 1. The summed E-state index contributed by atoms with van der Waals surface area (Å²) >= 11 is 5.37. The smallest absolute Gasteiger partial charge is 0.807 e. The van der Waals surface area contributed by atoms with Gasteiger partial charge in [-0.3, -0.25) is 9.78 Å². The number of nitrogens with one attached hydrogen (secondary N) is 1. The van der Waals surface area contributed by atoms with Gasteiger partial charge in [-0.25, -0.2) is 0 Å². The molecule has 3 N–H and O–H groups in total. The minimum Gasteiger partial charge on any atom is -0.807 e. The maximum absolute atomic E-state index is 11.8. The number of hydrogen-bond donors (Lipinski definition) is 3. The van der Waals surface area contributed by atoms with E-state index in [0.717, 1.165) is 6.20 Å². The number of amides is 1. The predicted molar refractivity (Wildman–Crippen MR) is 79.4 cm³/mol. The molecular weight excluding hydrogens is 397 g/mol. The largest absolute Gasteiger partial charge is 1.00 e. The third kappa shape index (κ3) is 5.12. The van der Waals surface area contributed by atoms with E-state index in [1.54, 1.807) is 0 Å². The first kappa shape index (κ1) is 24.7. The molecule has 1 fully saturated rings. The summed E-state index contributed by atoms with van der Waals surface area (Å²) in [4.78, 5) is 38.5. The van der Waals surface area contributed by atoms with Crippen LogP contribution in [0.25, 0.3) is 5.31 Å². The molecule has 118 valence electrons. The molecule has 1 aliphatic heterocycles. The van der Waals surface area contributed by atoms with Gasteiger partial charge in [-0.1, -0.05) is 24.0 Å². The van der Waals surface area contributed by atoms with Gasteiger partial charge in [0.05, 0.1) is 17.2 Å². The van der Waals surface area contributed by atoms with Crippen molar-refractivity contribution in [2.24, 2.45) is 0 Å². The number of carbonyl (C=O) groups excluding carboxylic acids is 1. The van der Waals surface area contributed by atoms with E-state index in [2.05, 4.69) is 10.3 Å². The Balaban J connectivity index is 0.00000264. The molecule has 0 radical (unpaired) electrons. The zero-order valence-corrected chi connectivity index (χ0v) is 19.6. The van der Waals surface area contributed by atoms with Crippen molar-refractivity contribution in [1.29, 1.82) is 0 Å². The maximum atomic E-state index is 11.8. The quantitative estimate of drug-likeness (QED) is 0.193. The van der Waals surface area contributed by atoms with E-state index in [1.165, 1.54) is 6.92 Å². The van der Waals surface area contributed by atoms with Gasteiger partial charge in [0.1, 0.15) is 10.1 Å². The normalized spacial score (nSPS) is 16.2. The van der Waals surface area contributed by atoms with E-state index in [4.69, 9.17) is 12.2 Å². The number of carbonyl (C=O) groups is 1. The summed E-state index contributed by atoms with van der Waals surface area (Å²) in [5.74, 6) is -1.44. The van der Waals surface area contributed by atoms with Crippen LogP contribution in [-0.2, 0) is 16.0 Å². The van der Waals surface area contributed by atoms with Crippen LogP contribution in [0.15, 0.2) is 11.1 Å². The molecule has 1 aromatic heterocycles. The van der Waals surface area contributed by atoms with Crippen LogP contribution in [-0.4, -0.2) is 25.4 Å². The molecule has 0 saturated carbocycles. The molecular formula is C11H9N2Na2O6PS2. The van der Waals surface area contributed by atoms with Crippen molar-refractivity contribution < 1.29 is 88.5 Å². The van der Waals surface area contributed by atoms with Gasteiger partial charge in [0.15, 0.2) is 0 Å². The van der Waals surface area contributed by atoms with E-state index in [1.807, 2.05) is 0 Å². The molecule has 2 heterocycles. The van der Waals surface area contributed by atoms with E-state index in [0.29, 0.717) is 11.8 Å². The number of thioether (sulfide) groups is 1. The van der Waals surface area contributed by atoms with Gasteiger partial charge in [0.2, 0.25) is 0 Å². The Morgan fingerprint density at radius 2 is 2.04 bits per heavy atom. The number of aliphatic hydroxyl groups is 1. The fourth-order valence-corrected chi connectivity index (χ4v) is 4.22. The second-order valence-electron chi connectivity index (χ2n) is 4.27. The number of rotatable bonds is 3. The van der Waals surface area contributed by atoms with Crippen molar-refractivity contribution >= 4 is 47.1 Å². The molecule has 1 amide bonds. The Morgan fingerprint density at radius 1 is 1.46 bits per heavy atom. The molecule has 8 nitrogen and oxygen atoms in total. The molecule has 0 unspecified atom stereocenters. The fraction of sp³-hybridized carbons (Fsp3) is 0.182. The SMILES string of the molecule is Cc1ncc(CO)c(C(=C2SC(=S)NC2=O)P(=O)([O-])[O-])c1O.[Na+].[Na+]. The number of aryl methyl sites for hydroxylation is 1. The van der Waals surface area contributed by atoms with Crippen LogP contribution in [0.5, 0.6) is 5.75 Å². The Bertz CT molecular complexity index is 767. The molecule has 1 aliphatic rings. The van der Waals surface area contributed by atoms with Crippen molar-refractivity contribution in [1.82, 2.24) is 10.3 Å². The van der Waals surface area contributed by atoms with Crippen molar-refractivity contribution in [2.75, 3.05) is 0 Å². The van der Waals surface area contributed by atoms with Gasteiger partial charge >= 0.3 is 59.1 Å². The van der Waals surface area contributed by atoms with Crippen LogP contribution in [0, 0.1) is 6.92 Å². The standard InChI is InChI=1S/C11H11N2O6PS2.2Na/c1-4-7(15)6(5(3-14)2-12-4)8(20(17,18)19)9-10(16)13-11(21)22-9;;/h2,14-15H,3H2,1H3,(H,13,16,21)(H2,17,18,19);;/q;2*+1/p-2. The monoisotopic (exact) mass is 406 g/mol. The second kappa shape index (κ2) is 9.59.